The number of rotatable bonds is 5. The van der Waals surface area contributed by atoms with Crippen molar-refractivity contribution in [2.45, 2.75) is 43.1 Å². The summed E-state index contributed by atoms with van der Waals surface area (Å²) in [6.07, 6.45) is 7.57. The van der Waals surface area contributed by atoms with E-state index in [1.54, 1.807) is 35.5 Å². The minimum atomic E-state index is -3.50. The fourth-order valence-electron chi connectivity index (χ4n) is 3.92. The van der Waals surface area contributed by atoms with E-state index in [1.807, 2.05) is 0 Å². The summed E-state index contributed by atoms with van der Waals surface area (Å²) in [7, 11) is -3.50. The minimum Gasteiger partial charge on any atom is -0.458 e. The SMILES string of the molecule is O=C(c1ccc(S(=O)(=O)N2CCCCC2)cc1)N1CCCC(Oc2ncccn2)C1. The van der Waals surface area contributed by atoms with Gasteiger partial charge < -0.3 is 9.64 Å². The molecule has 0 spiro atoms. The van der Waals surface area contributed by atoms with Gasteiger partial charge in [-0.05, 0) is 56.0 Å². The number of carbonyl (C=O) groups is 1. The zero-order valence-electron chi connectivity index (χ0n) is 16.8. The number of benzene rings is 1. The van der Waals surface area contributed by atoms with Gasteiger partial charge in [-0.2, -0.15) is 4.31 Å². The number of aromatic nitrogens is 2. The maximum Gasteiger partial charge on any atom is 0.316 e. The Balaban J connectivity index is 1.41. The molecule has 1 unspecified atom stereocenters. The molecule has 8 nitrogen and oxygen atoms in total. The highest BCUT2D eigenvalue weighted by atomic mass is 32.2. The molecule has 1 atom stereocenters. The van der Waals surface area contributed by atoms with E-state index in [0.29, 0.717) is 37.8 Å². The molecule has 2 saturated heterocycles. The molecule has 9 heteroatoms. The first-order chi connectivity index (χ1) is 14.5. The molecule has 0 saturated carbocycles. The Labute approximate surface area is 176 Å². The Hall–Kier alpha value is -2.52. The second-order valence-electron chi connectivity index (χ2n) is 7.65. The van der Waals surface area contributed by atoms with Crippen molar-refractivity contribution >= 4 is 15.9 Å². The van der Waals surface area contributed by atoms with Crippen LogP contribution in [-0.2, 0) is 10.0 Å². The second kappa shape index (κ2) is 9.09. The molecule has 2 fully saturated rings. The summed E-state index contributed by atoms with van der Waals surface area (Å²) in [6.45, 7) is 2.21. The van der Waals surface area contributed by atoms with Crippen LogP contribution in [-0.4, -0.2) is 65.8 Å². The molecule has 2 aliphatic heterocycles. The van der Waals surface area contributed by atoms with Gasteiger partial charge in [-0.25, -0.2) is 18.4 Å². The quantitative estimate of drug-likeness (QED) is 0.723. The molecule has 4 rings (SSSR count). The first kappa shape index (κ1) is 20.7. The fraction of sp³-hybridized carbons (Fsp3) is 0.476. The number of sulfonamides is 1. The third-order valence-electron chi connectivity index (χ3n) is 5.53. The van der Waals surface area contributed by atoms with Crippen molar-refractivity contribution in [3.05, 3.63) is 48.3 Å². The molecule has 1 aromatic heterocycles. The Morgan fingerprint density at radius 2 is 1.67 bits per heavy atom. The van der Waals surface area contributed by atoms with Crippen molar-refractivity contribution < 1.29 is 17.9 Å². The Bertz CT molecular complexity index is 960. The van der Waals surface area contributed by atoms with Crippen LogP contribution in [0.15, 0.2) is 47.6 Å². The van der Waals surface area contributed by atoms with Gasteiger partial charge in [0.05, 0.1) is 11.4 Å². The normalized spacial score (nSPS) is 20.7. The maximum atomic E-state index is 12.9. The smallest absolute Gasteiger partial charge is 0.316 e. The molecule has 1 amide bonds. The molecule has 0 bridgehead atoms. The lowest BCUT2D eigenvalue weighted by Crippen LogP contribution is -2.44. The maximum absolute atomic E-state index is 12.9. The second-order valence-corrected chi connectivity index (χ2v) is 9.59. The molecule has 30 heavy (non-hydrogen) atoms. The van der Waals surface area contributed by atoms with Crippen LogP contribution in [0, 0.1) is 0 Å². The third-order valence-corrected chi connectivity index (χ3v) is 7.45. The highest BCUT2D eigenvalue weighted by Crippen LogP contribution is 2.22. The molecule has 0 aliphatic carbocycles. The zero-order chi connectivity index (χ0) is 21.0. The van der Waals surface area contributed by atoms with E-state index in [2.05, 4.69) is 9.97 Å². The van der Waals surface area contributed by atoms with Crippen molar-refractivity contribution in [3.8, 4) is 6.01 Å². The number of amides is 1. The van der Waals surface area contributed by atoms with Gasteiger partial charge in [-0.3, -0.25) is 4.79 Å². The summed E-state index contributed by atoms with van der Waals surface area (Å²) < 4.78 is 32.9. The van der Waals surface area contributed by atoms with Crippen LogP contribution >= 0.6 is 0 Å². The van der Waals surface area contributed by atoms with E-state index >= 15 is 0 Å². The Morgan fingerprint density at radius 1 is 0.967 bits per heavy atom. The molecule has 3 heterocycles. The first-order valence-electron chi connectivity index (χ1n) is 10.4. The molecule has 0 N–H and O–H groups in total. The van der Waals surface area contributed by atoms with Gasteiger partial charge >= 0.3 is 6.01 Å². The highest BCUT2D eigenvalue weighted by Gasteiger charge is 2.28. The van der Waals surface area contributed by atoms with E-state index in [-0.39, 0.29) is 16.9 Å². The first-order valence-corrected chi connectivity index (χ1v) is 11.8. The van der Waals surface area contributed by atoms with Crippen molar-refractivity contribution in [2.75, 3.05) is 26.2 Å². The van der Waals surface area contributed by atoms with Crippen LogP contribution in [0.5, 0.6) is 6.01 Å². The number of piperidine rings is 2. The Kier molecular flexibility index (Phi) is 6.29. The lowest BCUT2D eigenvalue weighted by Gasteiger charge is -2.32. The largest absolute Gasteiger partial charge is 0.458 e. The predicted octanol–water partition coefficient (Wildman–Crippen LogP) is 2.33. The average Bonchev–Trinajstić information content (AvgIpc) is 2.80. The summed E-state index contributed by atoms with van der Waals surface area (Å²) in [4.78, 5) is 23.1. The number of carbonyl (C=O) groups excluding carboxylic acids is 1. The van der Waals surface area contributed by atoms with Crippen molar-refractivity contribution in [2.24, 2.45) is 0 Å². The molecular weight excluding hydrogens is 404 g/mol. The van der Waals surface area contributed by atoms with Crippen LogP contribution in [0.1, 0.15) is 42.5 Å². The van der Waals surface area contributed by atoms with E-state index in [9.17, 15) is 13.2 Å². The number of ether oxygens (including phenoxy) is 1. The number of hydrogen-bond acceptors (Lipinski definition) is 6. The van der Waals surface area contributed by atoms with Crippen molar-refractivity contribution in [1.82, 2.24) is 19.2 Å². The standard InChI is InChI=1S/C21H26N4O4S/c26-20(24-13-4-6-18(16-24)29-21-22-11-5-12-23-21)17-7-9-19(10-8-17)30(27,28)25-14-2-1-3-15-25/h5,7-12,18H,1-4,6,13-16H2. The van der Waals surface area contributed by atoms with E-state index in [0.717, 1.165) is 32.1 Å². The van der Waals surface area contributed by atoms with E-state index in [4.69, 9.17) is 4.74 Å². The van der Waals surface area contributed by atoms with Crippen molar-refractivity contribution in [3.63, 3.8) is 0 Å². The van der Waals surface area contributed by atoms with Gasteiger partial charge in [-0.1, -0.05) is 6.42 Å². The number of hydrogen-bond donors (Lipinski definition) is 0. The fourth-order valence-corrected chi connectivity index (χ4v) is 5.44. The van der Waals surface area contributed by atoms with Gasteiger partial charge in [0.2, 0.25) is 10.0 Å². The summed E-state index contributed by atoms with van der Waals surface area (Å²) in [6, 6.07) is 8.30. The van der Waals surface area contributed by atoms with Gasteiger partial charge in [0.1, 0.15) is 6.10 Å². The minimum absolute atomic E-state index is 0.126. The van der Waals surface area contributed by atoms with Gasteiger partial charge in [0.15, 0.2) is 0 Å². The number of likely N-dealkylation sites (tertiary alicyclic amines) is 1. The molecule has 2 aliphatic rings. The highest BCUT2D eigenvalue weighted by molar-refractivity contribution is 7.89. The summed E-state index contributed by atoms with van der Waals surface area (Å²) in [5.41, 5.74) is 0.476. The van der Waals surface area contributed by atoms with Crippen LogP contribution in [0.4, 0.5) is 0 Å². The van der Waals surface area contributed by atoms with Crippen molar-refractivity contribution in [1.29, 1.82) is 0 Å². The lowest BCUT2D eigenvalue weighted by atomic mass is 10.1. The van der Waals surface area contributed by atoms with Crippen LogP contribution < -0.4 is 4.74 Å². The van der Waals surface area contributed by atoms with Gasteiger partial charge in [0.25, 0.3) is 5.91 Å². The predicted molar refractivity (Wildman–Crippen MR) is 111 cm³/mol. The summed E-state index contributed by atoms with van der Waals surface area (Å²) >= 11 is 0. The molecule has 160 valence electrons. The molecule has 2 aromatic rings. The monoisotopic (exact) mass is 430 g/mol. The Morgan fingerprint density at radius 3 is 2.37 bits per heavy atom. The average molecular weight is 431 g/mol. The molecule has 1 aromatic carbocycles. The third kappa shape index (κ3) is 4.62. The van der Waals surface area contributed by atoms with E-state index < -0.39 is 10.0 Å². The topological polar surface area (TPSA) is 92.7 Å². The molecular formula is C21H26N4O4S. The number of nitrogens with zero attached hydrogens (tertiary/aromatic N) is 4. The summed E-state index contributed by atoms with van der Waals surface area (Å²) in [5.74, 6) is -0.126. The zero-order valence-corrected chi connectivity index (χ0v) is 17.6. The molecule has 0 radical (unpaired) electrons. The summed E-state index contributed by atoms with van der Waals surface area (Å²) in [5, 5.41) is 0. The van der Waals surface area contributed by atoms with Crippen LogP contribution in [0.2, 0.25) is 0 Å². The van der Waals surface area contributed by atoms with Crippen LogP contribution in [0.3, 0.4) is 0 Å². The lowest BCUT2D eigenvalue weighted by molar-refractivity contribution is 0.0515. The van der Waals surface area contributed by atoms with E-state index in [1.165, 1.54) is 16.4 Å². The van der Waals surface area contributed by atoms with Gasteiger partial charge in [-0.15, -0.1) is 0 Å². The van der Waals surface area contributed by atoms with Crippen LogP contribution in [0.25, 0.3) is 0 Å². The van der Waals surface area contributed by atoms with Gasteiger partial charge in [0, 0.05) is 37.6 Å².